The number of hydrogen-bond donors (Lipinski definition) is 2. The van der Waals surface area contributed by atoms with Crippen molar-refractivity contribution in [3.05, 3.63) is 58.7 Å². The smallest absolute Gasteiger partial charge is 0.191 e. The quantitative estimate of drug-likeness (QED) is 0.316. The molecule has 2 saturated heterocycles. The van der Waals surface area contributed by atoms with Gasteiger partial charge in [-0.3, -0.25) is 9.89 Å². The molecule has 2 N–H and O–H groups in total. The molecule has 4 rings (SSSR count). The Morgan fingerprint density at radius 3 is 2.69 bits per heavy atom. The molecule has 2 aromatic rings. The number of hydrogen-bond acceptors (Lipinski definition) is 5. The summed E-state index contributed by atoms with van der Waals surface area (Å²) in [5.41, 5.74) is 2.65. The van der Waals surface area contributed by atoms with Crippen LogP contribution in [0.1, 0.15) is 17.5 Å². The SMILES string of the molecule is CN=C(NCc1ccccc1CN1CCOCC1)NC1CCN(c2ncccc2Cl)C1.I. The molecule has 0 radical (unpaired) electrons. The molecule has 174 valence electrons. The van der Waals surface area contributed by atoms with Gasteiger partial charge in [0.1, 0.15) is 5.82 Å². The second kappa shape index (κ2) is 12.6. The average molecular weight is 571 g/mol. The third kappa shape index (κ3) is 6.69. The molecule has 2 fully saturated rings. The van der Waals surface area contributed by atoms with E-state index in [1.54, 1.807) is 6.20 Å². The predicted molar refractivity (Wildman–Crippen MR) is 141 cm³/mol. The van der Waals surface area contributed by atoms with Crippen molar-refractivity contribution in [2.45, 2.75) is 25.6 Å². The van der Waals surface area contributed by atoms with E-state index in [4.69, 9.17) is 16.3 Å². The molecule has 1 aromatic carbocycles. The highest BCUT2D eigenvalue weighted by Crippen LogP contribution is 2.25. The Bertz CT molecular complexity index is 892. The van der Waals surface area contributed by atoms with Crippen molar-refractivity contribution in [3.8, 4) is 0 Å². The molecule has 0 spiro atoms. The van der Waals surface area contributed by atoms with Crippen LogP contribution in [0.25, 0.3) is 0 Å². The third-order valence-corrected chi connectivity index (χ3v) is 6.15. The van der Waals surface area contributed by atoms with Crippen molar-refractivity contribution in [3.63, 3.8) is 0 Å². The third-order valence-electron chi connectivity index (χ3n) is 5.85. The molecule has 1 unspecified atom stereocenters. The highest BCUT2D eigenvalue weighted by atomic mass is 127. The number of morpholine rings is 1. The van der Waals surface area contributed by atoms with Crippen molar-refractivity contribution < 1.29 is 4.74 Å². The molecule has 7 nitrogen and oxygen atoms in total. The number of anilines is 1. The number of benzene rings is 1. The van der Waals surface area contributed by atoms with Gasteiger partial charge < -0.3 is 20.3 Å². The summed E-state index contributed by atoms with van der Waals surface area (Å²) in [6, 6.07) is 12.7. The fourth-order valence-electron chi connectivity index (χ4n) is 4.13. The fraction of sp³-hybridized carbons (Fsp3) is 0.478. The van der Waals surface area contributed by atoms with E-state index in [9.17, 15) is 0 Å². The zero-order chi connectivity index (χ0) is 21.5. The number of nitrogens with one attached hydrogen (secondary N) is 2. The summed E-state index contributed by atoms with van der Waals surface area (Å²) in [4.78, 5) is 13.5. The van der Waals surface area contributed by atoms with Gasteiger partial charge in [-0.1, -0.05) is 35.9 Å². The molecule has 0 bridgehead atoms. The maximum Gasteiger partial charge on any atom is 0.191 e. The number of pyridine rings is 1. The Hall–Kier alpha value is -1.62. The van der Waals surface area contributed by atoms with Crippen LogP contribution in [0, 0.1) is 0 Å². The van der Waals surface area contributed by atoms with Gasteiger partial charge in [-0.2, -0.15) is 0 Å². The van der Waals surface area contributed by atoms with Gasteiger partial charge in [0, 0.05) is 58.6 Å². The lowest BCUT2D eigenvalue weighted by atomic mass is 10.1. The van der Waals surface area contributed by atoms with Crippen molar-refractivity contribution in [2.24, 2.45) is 4.99 Å². The Morgan fingerprint density at radius 2 is 1.94 bits per heavy atom. The number of aromatic nitrogens is 1. The van der Waals surface area contributed by atoms with Gasteiger partial charge in [-0.15, -0.1) is 24.0 Å². The van der Waals surface area contributed by atoms with Crippen LogP contribution in [-0.4, -0.2) is 68.3 Å². The zero-order valence-corrected chi connectivity index (χ0v) is 21.6. The molecule has 9 heteroatoms. The molecule has 32 heavy (non-hydrogen) atoms. The minimum absolute atomic E-state index is 0. The van der Waals surface area contributed by atoms with Gasteiger partial charge in [-0.05, 0) is 29.7 Å². The van der Waals surface area contributed by atoms with Crippen LogP contribution in [0.3, 0.4) is 0 Å². The van der Waals surface area contributed by atoms with Gasteiger partial charge in [-0.25, -0.2) is 4.98 Å². The Balaban J connectivity index is 0.00000289. The summed E-state index contributed by atoms with van der Waals surface area (Å²) in [5, 5.41) is 7.74. The molecule has 0 aliphatic carbocycles. The molecular weight excluding hydrogens is 539 g/mol. The summed E-state index contributed by atoms with van der Waals surface area (Å²) in [6.45, 7) is 7.09. The monoisotopic (exact) mass is 570 g/mol. The lowest BCUT2D eigenvalue weighted by Gasteiger charge is -2.27. The second-order valence-corrected chi connectivity index (χ2v) is 8.37. The number of halogens is 2. The summed E-state index contributed by atoms with van der Waals surface area (Å²) < 4.78 is 5.47. The normalized spacial score (nSPS) is 19.5. The average Bonchev–Trinajstić information content (AvgIpc) is 3.27. The van der Waals surface area contributed by atoms with Crippen LogP contribution in [0.2, 0.25) is 5.02 Å². The first kappa shape index (κ1) is 25.0. The number of rotatable bonds is 6. The molecule has 3 heterocycles. The van der Waals surface area contributed by atoms with Crippen LogP contribution >= 0.6 is 35.6 Å². The summed E-state index contributed by atoms with van der Waals surface area (Å²) in [7, 11) is 1.82. The maximum absolute atomic E-state index is 6.32. The van der Waals surface area contributed by atoms with E-state index in [1.165, 1.54) is 11.1 Å². The van der Waals surface area contributed by atoms with Crippen LogP contribution in [-0.2, 0) is 17.8 Å². The number of ether oxygens (including phenoxy) is 1. The molecule has 1 aromatic heterocycles. The Kier molecular flexibility index (Phi) is 9.83. The highest BCUT2D eigenvalue weighted by Gasteiger charge is 2.25. The van der Waals surface area contributed by atoms with Crippen molar-refractivity contribution >= 4 is 47.4 Å². The zero-order valence-electron chi connectivity index (χ0n) is 18.5. The summed E-state index contributed by atoms with van der Waals surface area (Å²) in [5.74, 6) is 1.67. The minimum Gasteiger partial charge on any atom is -0.379 e. The highest BCUT2D eigenvalue weighted by molar-refractivity contribution is 14.0. The largest absolute Gasteiger partial charge is 0.379 e. The lowest BCUT2D eigenvalue weighted by molar-refractivity contribution is 0.0341. The Labute approximate surface area is 212 Å². The first-order valence-corrected chi connectivity index (χ1v) is 11.3. The van der Waals surface area contributed by atoms with Gasteiger partial charge in [0.15, 0.2) is 5.96 Å². The summed E-state index contributed by atoms with van der Waals surface area (Å²) in [6.07, 6.45) is 2.80. The van der Waals surface area contributed by atoms with E-state index in [0.29, 0.717) is 11.1 Å². The molecule has 0 amide bonds. The van der Waals surface area contributed by atoms with Crippen LogP contribution in [0.15, 0.2) is 47.6 Å². The van der Waals surface area contributed by atoms with Crippen LogP contribution < -0.4 is 15.5 Å². The second-order valence-electron chi connectivity index (χ2n) is 7.97. The van der Waals surface area contributed by atoms with Crippen molar-refractivity contribution in [1.82, 2.24) is 20.5 Å². The first-order chi connectivity index (χ1) is 15.2. The lowest BCUT2D eigenvalue weighted by Crippen LogP contribution is -2.44. The fourth-order valence-corrected chi connectivity index (χ4v) is 4.37. The van der Waals surface area contributed by atoms with Gasteiger partial charge in [0.2, 0.25) is 0 Å². The summed E-state index contributed by atoms with van der Waals surface area (Å²) >= 11 is 6.32. The predicted octanol–water partition coefficient (Wildman–Crippen LogP) is 3.13. The topological polar surface area (TPSA) is 65.0 Å². The minimum atomic E-state index is 0. The first-order valence-electron chi connectivity index (χ1n) is 10.9. The van der Waals surface area contributed by atoms with Crippen molar-refractivity contribution in [1.29, 1.82) is 0 Å². The molecule has 2 aliphatic rings. The molecule has 2 aliphatic heterocycles. The van der Waals surface area contributed by atoms with Gasteiger partial charge >= 0.3 is 0 Å². The standard InChI is InChI=1S/C23H31ClN6O.HI/c1-25-23(28-20-8-10-30(17-20)22-21(24)7-4-9-26-22)27-15-18-5-2-3-6-19(18)16-29-11-13-31-14-12-29;/h2-7,9,20H,8,10-17H2,1H3,(H2,25,27,28);1H. The van der Waals surface area contributed by atoms with E-state index >= 15 is 0 Å². The van der Waals surface area contributed by atoms with E-state index in [0.717, 1.165) is 70.7 Å². The van der Waals surface area contributed by atoms with E-state index in [1.807, 2.05) is 19.2 Å². The van der Waals surface area contributed by atoms with E-state index < -0.39 is 0 Å². The number of nitrogens with zero attached hydrogens (tertiary/aromatic N) is 4. The van der Waals surface area contributed by atoms with Gasteiger partial charge in [0.05, 0.1) is 18.2 Å². The number of aliphatic imine (C=N–C) groups is 1. The number of guanidine groups is 1. The molecule has 0 saturated carbocycles. The maximum atomic E-state index is 6.32. The molecule has 1 atom stereocenters. The van der Waals surface area contributed by atoms with E-state index in [2.05, 4.69) is 54.7 Å². The van der Waals surface area contributed by atoms with Crippen molar-refractivity contribution in [2.75, 3.05) is 51.3 Å². The van der Waals surface area contributed by atoms with Gasteiger partial charge in [0.25, 0.3) is 0 Å². The van der Waals surface area contributed by atoms with Crippen LogP contribution in [0.4, 0.5) is 5.82 Å². The van der Waals surface area contributed by atoms with Crippen LogP contribution in [0.5, 0.6) is 0 Å². The van der Waals surface area contributed by atoms with E-state index in [-0.39, 0.29) is 24.0 Å². The molecular formula is C23H32ClIN6O. The Morgan fingerprint density at radius 1 is 1.16 bits per heavy atom.